The van der Waals surface area contributed by atoms with Crippen molar-refractivity contribution in [2.24, 2.45) is 5.41 Å². The van der Waals surface area contributed by atoms with Crippen LogP contribution in [0.15, 0.2) is 17.1 Å². The zero-order valence-corrected chi connectivity index (χ0v) is 18.0. The van der Waals surface area contributed by atoms with Crippen LogP contribution >= 0.6 is 23.5 Å². The van der Waals surface area contributed by atoms with Gasteiger partial charge in [0.2, 0.25) is 0 Å². The molecule has 5 N–H and O–H groups in total. The van der Waals surface area contributed by atoms with Crippen molar-refractivity contribution in [2.75, 3.05) is 12.3 Å². The van der Waals surface area contributed by atoms with Crippen molar-refractivity contribution in [3.63, 3.8) is 0 Å². The van der Waals surface area contributed by atoms with Gasteiger partial charge >= 0.3 is 13.5 Å². The smallest absolute Gasteiger partial charge is 0.478 e. The molecule has 0 saturated carbocycles. The van der Waals surface area contributed by atoms with Crippen LogP contribution in [0.3, 0.4) is 0 Å². The molecule has 0 amide bonds. The van der Waals surface area contributed by atoms with E-state index in [2.05, 4.69) is 18.1 Å². The second-order valence-corrected chi connectivity index (χ2v) is 10.6. The van der Waals surface area contributed by atoms with Gasteiger partial charge in [-0.1, -0.05) is 0 Å². The summed E-state index contributed by atoms with van der Waals surface area (Å²) in [6.07, 6.45) is -3.64. The van der Waals surface area contributed by atoms with Crippen LogP contribution in [-0.2, 0) is 31.6 Å². The SMILES string of the molecule is C[C@@]1(C#N)[C@H](O)[C@@H](COP(=O)(O)OP(=O)([O-])OP(=O)([O-])O)O[C@H]1n1ccc(N)nc1=O. The molecule has 0 aromatic carbocycles. The molecule has 1 fully saturated rings. The fourth-order valence-corrected chi connectivity index (χ4v) is 5.52. The van der Waals surface area contributed by atoms with E-state index in [0.717, 1.165) is 10.8 Å². The fraction of sp³-hybridized carbons (Fsp3) is 0.545. The molecule has 0 spiro atoms. The molecule has 1 saturated heterocycles. The second kappa shape index (κ2) is 8.80. The Labute approximate surface area is 173 Å². The molecule has 1 aromatic rings. The largest absolute Gasteiger partial charge is 0.756 e. The molecule has 20 heteroatoms. The summed E-state index contributed by atoms with van der Waals surface area (Å²) in [5.41, 5.74) is 2.64. The van der Waals surface area contributed by atoms with Crippen molar-refractivity contribution in [1.82, 2.24) is 9.55 Å². The van der Waals surface area contributed by atoms with Crippen LogP contribution < -0.4 is 21.2 Å². The summed E-state index contributed by atoms with van der Waals surface area (Å²) in [7, 11) is -17.5. The van der Waals surface area contributed by atoms with E-state index >= 15 is 0 Å². The Bertz CT molecular complexity index is 1080. The Balaban J connectivity index is 2.18. The highest BCUT2D eigenvalue weighted by Crippen LogP contribution is 2.63. The van der Waals surface area contributed by atoms with Gasteiger partial charge in [-0.05, 0) is 13.0 Å². The van der Waals surface area contributed by atoms with Crippen LogP contribution in [0.4, 0.5) is 5.82 Å². The van der Waals surface area contributed by atoms with Crippen LogP contribution in [0, 0.1) is 16.7 Å². The van der Waals surface area contributed by atoms with E-state index in [1.165, 1.54) is 13.0 Å². The third kappa shape index (κ3) is 6.27. The van der Waals surface area contributed by atoms with Gasteiger partial charge in [0.05, 0.1) is 12.7 Å². The summed E-state index contributed by atoms with van der Waals surface area (Å²) in [5.74, 6) is -0.133. The average Bonchev–Trinajstić information content (AvgIpc) is 2.82. The summed E-state index contributed by atoms with van der Waals surface area (Å²) in [6.45, 7) is 0.140. The zero-order chi connectivity index (χ0) is 23.8. The van der Waals surface area contributed by atoms with Crippen LogP contribution in [0.1, 0.15) is 13.2 Å². The van der Waals surface area contributed by atoms with Gasteiger partial charge in [-0.25, -0.2) is 18.0 Å². The maximum atomic E-state index is 12.0. The Morgan fingerprint density at radius 1 is 1.39 bits per heavy atom. The normalized spacial score (nSPS) is 31.8. The van der Waals surface area contributed by atoms with E-state index in [4.69, 9.17) is 15.4 Å². The summed E-state index contributed by atoms with van der Waals surface area (Å²) in [4.78, 5) is 55.0. The van der Waals surface area contributed by atoms with Crippen LogP contribution in [0.25, 0.3) is 0 Å². The van der Waals surface area contributed by atoms with Crippen molar-refractivity contribution < 1.29 is 56.3 Å². The summed E-state index contributed by atoms with van der Waals surface area (Å²) in [6, 6.07) is 2.96. The molecule has 3 unspecified atom stereocenters. The highest BCUT2D eigenvalue weighted by Gasteiger charge is 2.55. The van der Waals surface area contributed by atoms with Crippen molar-refractivity contribution in [3.8, 4) is 6.07 Å². The van der Waals surface area contributed by atoms with E-state index in [1.54, 1.807) is 6.07 Å². The average molecular weight is 504 g/mol. The summed E-state index contributed by atoms with van der Waals surface area (Å²) < 4.78 is 50.7. The number of rotatable bonds is 8. The quantitative estimate of drug-likeness (QED) is 0.271. The number of nitrogens with zero attached hydrogens (tertiary/aromatic N) is 3. The molecule has 17 nitrogen and oxygen atoms in total. The molecule has 174 valence electrons. The molecule has 0 aliphatic carbocycles. The number of aromatic nitrogens is 2. The number of hydrogen-bond acceptors (Lipinski definition) is 14. The molecule has 1 aliphatic rings. The lowest BCUT2D eigenvalue weighted by Gasteiger charge is -2.28. The maximum absolute atomic E-state index is 12.0. The van der Waals surface area contributed by atoms with Gasteiger partial charge < -0.3 is 35.2 Å². The molecule has 1 aromatic heterocycles. The lowest BCUT2D eigenvalue weighted by molar-refractivity contribution is -0.236. The number of phosphoric acid groups is 3. The number of hydrogen-bond donors (Lipinski definition) is 4. The van der Waals surface area contributed by atoms with Crippen molar-refractivity contribution in [1.29, 1.82) is 5.26 Å². The Hall–Kier alpha value is -1.50. The van der Waals surface area contributed by atoms with Gasteiger partial charge in [-0.3, -0.25) is 18.2 Å². The highest BCUT2D eigenvalue weighted by molar-refractivity contribution is 7.65. The lowest BCUT2D eigenvalue weighted by Crippen LogP contribution is -2.39. The minimum absolute atomic E-state index is 0.133. The molecule has 0 bridgehead atoms. The molecule has 31 heavy (non-hydrogen) atoms. The third-order valence-electron chi connectivity index (χ3n) is 3.94. The topological polar surface area (TPSA) is 280 Å². The Morgan fingerprint density at radius 2 is 2.00 bits per heavy atom. The van der Waals surface area contributed by atoms with Gasteiger partial charge in [0.1, 0.15) is 23.4 Å². The fourth-order valence-electron chi connectivity index (χ4n) is 2.58. The first-order chi connectivity index (χ1) is 14.0. The highest BCUT2D eigenvalue weighted by atomic mass is 31.3. The van der Waals surface area contributed by atoms with Crippen LogP contribution in [0.5, 0.6) is 0 Å². The van der Waals surface area contributed by atoms with Gasteiger partial charge in [0.25, 0.3) is 15.6 Å². The standard InChI is InChI=1S/C11H17N4O13P3/c1-11(5-12)8(16)6(26-9(11)15-3-2-7(13)14-10(15)17)4-25-30(21,22)28-31(23,24)27-29(18,19)20/h2-3,6,8-9,16H,4H2,1H3,(H,21,22)(H,23,24)(H2,13,14,17)(H2,18,19,20)/p-2/t6-,8-,9-,11-/m1/s1. The number of nitriles is 1. The van der Waals surface area contributed by atoms with E-state index in [0.29, 0.717) is 0 Å². The van der Waals surface area contributed by atoms with Gasteiger partial charge in [-0.15, -0.1) is 0 Å². The minimum atomic E-state index is -6.05. The first kappa shape index (κ1) is 25.8. The third-order valence-corrected chi connectivity index (χ3v) is 7.66. The first-order valence-electron chi connectivity index (χ1n) is 7.84. The molecule has 1 aliphatic heterocycles. The number of anilines is 1. The van der Waals surface area contributed by atoms with E-state index in [9.17, 15) is 43.5 Å². The first-order valence-corrected chi connectivity index (χ1v) is 12.3. The van der Waals surface area contributed by atoms with Gasteiger partial charge in [-0.2, -0.15) is 10.2 Å². The van der Waals surface area contributed by atoms with Crippen LogP contribution in [-0.4, -0.2) is 43.3 Å². The molecule has 2 rings (SSSR count). The number of phosphoric ester groups is 1. The van der Waals surface area contributed by atoms with Crippen molar-refractivity contribution in [3.05, 3.63) is 22.7 Å². The lowest BCUT2D eigenvalue weighted by atomic mass is 9.84. The zero-order valence-electron chi connectivity index (χ0n) is 15.3. The van der Waals surface area contributed by atoms with Gasteiger partial charge in [0, 0.05) is 6.20 Å². The number of nitrogens with two attached hydrogens (primary N) is 1. The predicted molar refractivity (Wildman–Crippen MR) is 91.9 cm³/mol. The summed E-state index contributed by atoms with van der Waals surface area (Å²) >= 11 is 0. The Morgan fingerprint density at radius 3 is 2.52 bits per heavy atom. The maximum Gasteiger partial charge on any atom is 0.478 e. The molecule has 2 heterocycles. The van der Waals surface area contributed by atoms with E-state index < -0.39 is 59.6 Å². The second-order valence-electron chi connectivity index (χ2n) is 6.25. The Kier molecular flexibility index (Phi) is 7.31. The number of aliphatic hydroxyl groups is 1. The monoisotopic (exact) mass is 504 g/mol. The van der Waals surface area contributed by atoms with E-state index in [-0.39, 0.29) is 5.82 Å². The predicted octanol–water partition coefficient (Wildman–Crippen LogP) is -2.31. The minimum Gasteiger partial charge on any atom is -0.756 e. The van der Waals surface area contributed by atoms with Crippen LogP contribution in [0.2, 0.25) is 0 Å². The van der Waals surface area contributed by atoms with E-state index in [1.807, 2.05) is 0 Å². The summed E-state index contributed by atoms with van der Waals surface area (Å²) in [5, 5.41) is 19.9. The van der Waals surface area contributed by atoms with Gasteiger partial charge in [0.15, 0.2) is 6.23 Å². The molecular weight excluding hydrogens is 489 g/mol. The molecular formula is C11H15N4O13P3-2. The number of nitrogen functional groups attached to an aromatic ring is 1. The van der Waals surface area contributed by atoms with Crippen molar-refractivity contribution in [2.45, 2.75) is 25.4 Å². The molecule has 0 radical (unpaired) electrons. The molecule has 7 atom stereocenters. The number of aliphatic hydroxyl groups excluding tert-OH is 1. The number of ether oxygens (including phenoxy) is 1. The van der Waals surface area contributed by atoms with Crippen molar-refractivity contribution >= 4 is 29.3 Å².